The van der Waals surface area contributed by atoms with E-state index in [1.807, 2.05) is 12.1 Å². The van der Waals surface area contributed by atoms with Crippen LogP contribution in [0.15, 0.2) is 16.6 Å². The van der Waals surface area contributed by atoms with Crippen LogP contribution in [-0.4, -0.2) is 51.1 Å². The van der Waals surface area contributed by atoms with Gasteiger partial charge in [-0.05, 0) is 33.6 Å². The lowest BCUT2D eigenvalue weighted by atomic mass is 10.2. The number of methoxy groups -OCH3 is 1. The van der Waals surface area contributed by atoms with Crippen molar-refractivity contribution >= 4 is 34.2 Å². The minimum atomic E-state index is -0.553. The highest BCUT2D eigenvalue weighted by Crippen LogP contribution is 2.36. The molecular weight excluding hydrogens is 392 g/mol. The second-order valence-corrected chi connectivity index (χ2v) is 5.23. The largest absolute Gasteiger partial charge is 0.493 e. The summed E-state index contributed by atoms with van der Waals surface area (Å²) < 4.78 is 16.4. The first-order valence-electron chi connectivity index (χ1n) is 6.75. The maximum atomic E-state index is 10.8. The highest BCUT2D eigenvalue weighted by atomic mass is 79.9. The zero-order chi connectivity index (χ0) is 16.4. The number of amides is 1. The van der Waals surface area contributed by atoms with Crippen LogP contribution in [0.2, 0.25) is 0 Å². The standard InChI is InChI=1S/C14H21BrN2O5.ClH/c1-20-12-7-10(8-17-2-4-21-5-3-18)6-11(15)14(12)22-9-13(16)19;/h6-7,17-18H,2-5,8-9H2,1H3,(H2,16,19);1H. The molecular formula is C14H22BrClN2O5. The van der Waals surface area contributed by atoms with Crippen molar-refractivity contribution in [2.75, 3.05) is 40.1 Å². The van der Waals surface area contributed by atoms with Gasteiger partial charge in [0.05, 0.1) is 31.4 Å². The number of carbonyl (C=O) groups is 1. The van der Waals surface area contributed by atoms with Crippen molar-refractivity contribution in [1.82, 2.24) is 5.32 Å². The summed E-state index contributed by atoms with van der Waals surface area (Å²) in [6.07, 6.45) is 0. The van der Waals surface area contributed by atoms with E-state index in [0.29, 0.717) is 42.3 Å². The first kappa shape index (κ1) is 21.9. The fourth-order valence-electron chi connectivity index (χ4n) is 1.70. The molecule has 0 saturated carbocycles. The molecule has 0 spiro atoms. The summed E-state index contributed by atoms with van der Waals surface area (Å²) in [5.41, 5.74) is 6.05. The van der Waals surface area contributed by atoms with E-state index in [1.165, 1.54) is 7.11 Å². The number of aliphatic hydroxyl groups is 1. The summed E-state index contributed by atoms with van der Waals surface area (Å²) in [7, 11) is 1.53. The molecule has 0 aliphatic heterocycles. The molecule has 1 rings (SSSR count). The highest BCUT2D eigenvalue weighted by molar-refractivity contribution is 9.10. The number of rotatable bonds is 11. The molecule has 7 nitrogen and oxygen atoms in total. The van der Waals surface area contributed by atoms with Crippen molar-refractivity contribution in [1.29, 1.82) is 0 Å². The van der Waals surface area contributed by atoms with Crippen molar-refractivity contribution in [3.63, 3.8) is 0 Å². The van der Waals surface area contributed by atoms with Gasteiger partial charge in [0.1, 0.15) is 0 Å². The Bertz CT molecular complexity index is 490. The van der Waals surface area contributed by atoms with Crippen LogP contribution in [-0.2, 0) is 16.1 Å². The zero-order valence-corrected chi connectivity index (χ0v) is 15.2. The first-order valence-corrected chi connectivity index (χ1v) is 7.54. The van der Waals surface area contributed by atoms with E-state index < -0.39 is 5.91 Å². The molecule has 0 unspecified atom stereocenters. The van der Waals surface area contributed by atoms with Gasteiger partial charge >= 0.3 is 0 Å². The average molecular weight is 414 g/mol. The molecule has 0 aromatic heterocycles. The summed E-state index contributed by atoms with van der Waals surface area (Å²) in [4.78, 5) is 10.8. The molecule has 23 heavy (non-hydrogen) atoms. The molecule has 132 valence electrons. The Balaban J connectivity index is 0.00000484. The third-order valence-corrected chi connectivity index (χ3v) is 3.22. The number of nitrogens with one attached hydrogen (secondary N) is 1. The quantitative estimate of drug-likeness (QED) is 0.465. The SMILES string of the molecule is COc1cc(CNCCOCCO)cc(Br)c1OCC(N)=O.Cl. The van der Waals surface area contributed by atoms with Gasteiger partial charge in [-0.25, -0.2) is 0 Å². The van der Waals surface area contributed by atoms with Crippen LogP contribution in [0.1, 0.15) is 5.56 Å². The molecule has 9 heteroatoms. The molecule has 1 amide bonds. The topological polar surface area (TPSA) is 103 Å². The zero-order valence-electron chi connectivity index (χ0n) is 12.8. The molecule has 1 aromatic rings. The molecule has 4 N–H and O–H groups in total. The van der Waals surface area contributed by atoms with E-state index in [2.05, 4.69) is 21.2 Å². The van der Waals surface area contributed by atoms with E-state index in [9.17, 15) is 4.79 Å². The smallest absolute Gasteiger partial charge is 0.255 e. The van der Waals surface area contributed by atoms with Gasteiger partial charge in [0.25, 0.3) is 5.91 Å². The van der Waals surface area contributed by atoms with E-state index in [4.69, 9.17) is 25.1 Å². The predicted molar refractivity (Wildman–Crippen MR) is 92.2 cm³/mol. The minimum absolute atomic E-state index is 0. The number of nitrogens with two attached hydrogens (primary N) is 1. The van der Waals surface area contributed by atoms with Crippen LogP contribution in [0.3, 0.4) is 0 Å². The summed E-state index contributed by atoms with van der Waals surface area (Å²) in [6.45, 7) is 1.96. The van der Waals surface area contributed by atoms with Gasteiger partial charge in [-0.2, -0.15) is 0 Å². The number of hydrogen-bond acceptors (Lipinski definition) is 6. The second kappa shape index (κ2) is 12.4. The van der Waals surface area contributed by atoms with Gasteiger partial charge < -0.3 is 30.4 Å². The third-order valence-electron chi connectivity index (χ3n) is 2.64. The van der Waals surface area contributed by atoms with Crippen molar-refractivity contribution < 1.29 is 24.1 Å². The Morgan fingerprint density at radius 2 is 2.13 bits per heavy atom. The lowest BCUT2D eigenvalue weighted by Crippen LogP contribution is -2.21. The maximum Gasteiger partial charge on any atom is 0.255 e. The van der Waals surface area contributed by atoms with Gasteiger partial charge in [0.2, 0.25) is 0 Å². The molecule has 0 saturated heterocycles. The van der Waals surface area contributed by atoms with Crippen LogP contribution in [0.5, 0.6) is 11.5 Å². The number of benzene rings is 1. The van der Waals surface area contributed by atoms with Crippen LogP contribution in [0, 0.1) is 0 Å². The molecule has 0 aliphatic rings. The summed E-state index contributed by atoms with van der Waals surface area (Å²) in [5, 5.41) is 11.8. The Morgan fingerprint density at radius 3 is 2.74 bits per heavy atom. The van der Waals surface area contributed by atoms with Crippen LogP contribution < -0.4 is 20.5 Å². The Labute approximate surface area is 150 Å². The molecule has 0 heterocycles. The number of halogens is 2. The highest BCUT2D eigenvalue weighted by Gasteiger charge is 2.12. The Kier molecular flexibility index (Phi) is 11.8. The minimum Gasteiger partial charge on any atom is -0.493 e. The number of hydrogen-bond donors (Lipinski definition) is 3. The summed E-state index contributed by atoms with van der Waals surface area (Å²) in [5.74, 6) is 0.405. The van der Waals surface area contributed by atoms with E-state index in [0.717, 1.165) is 5.56 Å². The van der Waals surface area contributed by atoms with Crippen LogP contribution in [0.4, 0.5) is 0 Å². The number of primary amides is 1. The molecule has 0 bridgehead atoms. The average Bonchev–Trinajstić information content (AvgIpc) is 2.48. The van der Waals surface area contributed by atoms with Crippen molar-refractivity contribution in [2.45, 2.75) is 6.54 Å². The normalized spacial score (nSPS) is 10.0. The fraction of sp³-hybridized carbons (Fsp3) is 0.500. The van der Waals surface area contributed by atoms with Crippen molar-refractivity contribution in [3.8, 4) is 11.5 Å². The maximum absolute atomic E-state index is 10.8. The Hall–Kier alpha value is -1.06. The lowest BCUT2D eigenvalue weighted by Gasteiger charge is -2.14. The van der Waals surface area contributed by atoms with Crippen molar-refractivity contribution in [3.05, 3.63) is 22.2 Å². The molecule has 0 aliphatic carbocycles. The van der Waals surface area contributed by atoms with E-state index in [-0.39, 0.29) is 25.6 Å². The van der Waals surface area contributed by atoms with Gasteiger partial charge in [-0.3, -0.25) is 4.79 Å². The predicted octanol–water partition coefficient (Wildman–Crippen LogP) is 0.842. The van der Waals surface area contributed by atoms with Gasteiger partial charge in [0, 0.05) is 13.1 Å². The fourth-order valence-corrected chi connectivity index (χ4v) is 2.31. The van der Waals surface area contributed by atoms with Gasteiger partial charge in [0.15, 0.2) is 18.1 Å². The van der Waals surface area contributed by atoms with Crippen molar-refractivity contribution in [2.24, 2.45) is 5.73 Å². The molecule has 0 fully saturated rings. The van der Waals surface area contributed by atoms with E-state index >= 15 is 0 Å². The summed E-state index contributed by atoms with van der Waals surface area (Å²) >= 11 is 3.39. The third kappa shape index (κ3) is 8.38. The Morgan fingerprint density at radius 1 is 1.39 bits per heavy atom. The van der Waals surface area contributed by atoms with Crippen LogP contribution in [0.25, 0.3) is 0 Å². The number of carbonyl (C=O) groups excluding carboxylic acids is 1. The summed E-state index contributed by atoms with van der Waals surface area (Å²) in [6, 6.07) is 3.70. The second-order valence-electron chi connectivity index (χ2n) is 4.38. The lowest BCUT2D eigenvalue weighted by molar-refractivity contribution is -0.119. The van der Waals surface area contributed by atoms with Crippen LogP contribution >= 0.6 is 28.3 Å². The van der Waals surface area contributed by atoms with Gasteiger partial charge in [-0.15, -0.1) is 12.4 Å². The number of aliphatic hydroxyl groups excluding tert-OH is 1. The number of ether oxygens (including phenoxy) is 3. The molecule has 1 aromatic carbocycles. The molecule has 0 atom stereocenters. The van der Waals surface area contributed by atoms with Gasteiger partial charge in [-0.1, -0.05) is 0 Å². The monoisotopic (exact) mass is 412 g/mol. The van der Waals surface area contributed by atoms with E-state index in [1.54, 1.807) is 0 Å². The first-order chi connectivity index (χ1) is 10.6. The molecule has 0 radical (unpaired) electrons.